The third-order valence-electron chi connectivity index (χ3n) is 5.66. The van der Waals surface area contributed by atoms with Gasteiger partial charge >= 0.3 is 0 Å². The van der Waals surface area contributed by atoms with Gasteiger partial charge < -0.3 is 5.32 Å². The Morgan fingerprint density at radius 1 is 1.36 bits per heavy atom. The number of hydrogen-bond donors (Lipinski definition) is 1. The van der Waals surface area contributed by atoms with Gasteiger partial charge in [-0.05, 0) is 30.4 Å². The lowest BCUT2D eigenvalue weighted by Crippen LogP contribution is -2.35. The standard InChI is InChI=1S/C21H26N4O2S/c1-14-7-5-10-18(15(14)2)25-20(27)16-8-3-4-9-17(16)24-21(25)28-13-19(26)23-12-6-11-22/h3-4,8-9,14-15,18H,5-7,10,12-13H2,1-2H3,(H,23,26)/t14-,15-,18-/m1/s1. The highest BCUT2D eigenvalue weighted by atomic mass is 32.2. The molecule has 1 amide bonds. The zero-order valence-electron chi connectivity index (χ0n) is 16.4. The van der Waals surface area contributed by atoms with Gasteiger partial charge in [0.15, 0.2) is 5.16 Å². The molecule has 0 bridgehead atoms. The van der Waals surface area contributed by atoms with Crippen LogP contribution < -0.4 is 10.9 Å². The number of nitrogens with one attached hydrogen (secondary N) is 1. The maximum atomic E-state index is 13.3. The average Bonchev–Trinajstić information content (AvgIpc) is 2.69. The molecule has 0 aliphatic heterocycles. The van der Waals surface area contributed by atoms with Crippen LogP contribution in [-0.4, -0.2) is 27.8 Å². The number of thioether (sulfide) groups is 1. The highest BCUT2D eigenvalue weighted by molar-refractivity contribution is 7.99. The smallest absolute Gasteiger partial charge is 0.262 e. The van der Waals surface area contributed by atoms with Crippen molar-refractivity contribution in [1.29, 1.82) is 5.26 Å². The number of amides is 1. The molecule has 2 aromatic rings. The van der Waals surface area contributed by atoms with Crippen molar-refractivity contribution in [1.82, 2.24) is 14.9 Å². The van der Waals surface area contributed by atoms with E-state index in [-0.39, 0.29) is 29.7 Å². The first-order chi connectivity index (χ1) is 13.5. The molecule has 1 aromatic heterocycles. The SMILES string of the molecule is C[C@@H]1[C@H](C)CCC[C@H]1n1c(SCC(=O)NCCC#N)nc2ccccc2c1=O. The van der Waals surface area contributed by atoms with E-state index in [1.54, 1.807) is 0 Å². The second kappa shape index (κ2) is 9.24. The molecule has 0 saturated heterocycles. The van der Waals surface area contributed by atoms with Crippen molar-refractivity contribution in [3.05, 3.63) is 34.6 Å². The van der Waals surface area contributed by atoms with Gasteiger partial charge in [-0.3, -0.25) is 14.2 Å². The number of aromatic nitrogens is 2. The van der Waals surface area contributed by atoms with E-state index in [4.69, 9.17) is 10.2 Å². The predicted octanol–water partition coefficient (Wildman–Crippen LogP) is 3.52. The zero-order valence-corrected chi connectivity index (χ0v) is 17.2. The summed E-state index contributed by atoms with van der Waals surface area (Å²) in [6.07, 6.45) is 3.51. The molecule has 1 heterocycles. The Bertz CT molecular complexity index is 950. The van der Waals surface area contributed by atoms with Gasteiger partial charge in [-0.25, -0.2) is 4.98 Å². The summed E-state index contributed by atoms with van der Waals surface area (Å²) in [6, 6.07) is 9.49. The fraction of sp³-hybridized carbons (Fsp3) is 0.524. The third-order valence-corrected chi connectivity index (χ3v) is 6.61. The molecule has 0 spiro atoms. The van der Waals surface area contributed by atoms with Crippen LogP contribution in [0.4, 0.5) is 0 Å². The van der Waals surface area contributed by atoms with Crippen molar-refractivity contribution in [2.75, 3.05) is 12.3 Å². The highest BCUT2D eigenvalue weighted by Gasteiger charge is 2.31. The van der Waals surface area contributed by atoms with Crippen LogP contribution >= 0.6 is 11.8 Å². The molecular formula is C21H26N4O2S. The van der Waals surface area contributed by atoms with E-state index in [1.165, 1.54) is 18.2 Å². The molecule has 148 valence electrons. The van der Waals surface area contributed by atoms with Gasteiger partial charge in [0, 0.05) is 12.6 Å². The number of nitrogens with zero attached hydrogens (tertiary/aromatic N) is 3. The molecule has 3 rings (SSSR count). The first-order valence-electron chi connectivity index (χ1n) is 9.80. The maximum absolute atomic E-state index is 13.3. The van der Waals surface area contributed by atoms with Crippen LogP contribution in [0.2, 0.25) is 0 Å². The molecule has 1 N–H and O–H groups in total. The van der Waals surface area contributed by atoms with Gasteiger partial charge in [-0.15, -0.1) is 0 Å². The Hall–Kier alpha value is -2.33. The normalized spacial score (nSPS) is 22.0. The van der Waals surface area contributed by atoms with E-state index in [2.05, 4.69) is 19.2 Å². The average molecular weight is 399 g/mol. The van der Waals surface area contributed by atoms with Gasteiger partial charge in [-0.2, -0.15) is 5.26 Å². The molecule has 0 unspecified atom stereocenters. The van der Waals surface area contributed by atoms with Crippen molar-refractivity contribution >= 4 is 28.6 Å². The molecule has 1 saturated carbocycles. The number of nitriles is 1. The fourth-order valence-corrected chi connectivity index (χ4v) is 4.76. The summed E-state index contributed by atoms with van der Waals surface area (Å²) in [6.45, 7) is 4.79. The largest absolute Gasteiger partial charge is 0.354 e. The van der Waals surface area contributed by atoms with E-state index < -0.39 is 0 Å². The van der Waals surface area contributed by atoms with Crippen LogP contribution in [-0.2, 0) is 4.79 Å². The van der Waals surface area contributed by atoms with Crippen molar-refractivity contribution in [2.24, 2.45) is 11.8 Å². The third kappa shape index (κ3) is 4.39. The number of hydrogen-bond acceptors (Lipinski definition) is 5. The summed E-state index contributed by atoms with van der Waals surface area (Å²) >= 11 is 1.30. The van der Waals surface area contributed by atoms with E-state index in [0.29, 0.717) is 34.4 Å². The van der Waals surface area contributed by atoms with Crippen molar-refractivity contribution in [3.63, 3.8) is 0 Å². The molecule has 6 nitrogen and oxygen atoms in total. The van der Waals surface area contributed by atoms with Crippen LogP contribution in [0.25, 0.3) is 10.9 Å². The first kappa shape index (κ1) is 20.4. The van der Waals surface area contributed by atoms with E-state index in [9.17, 15) is 9.59 Å². The number of carbonyl (C=O) groups is 1. The van der Waals surface area contributed by atoms with Crippen molar-refractivity contribution in [2.45, 2.75) is 50.7 Å². The summed E-state index contributed by atoms with van der Waals surface area (Å²) in [5.41, 5.74) is 0.636. The van der Waals surface area contributed by atoms with Gasteiger partial charge in [0.1, 0.15) is 0 Å². The van der Waals surface area contributed by atoms with Gasteiger partial charge in [0.25, 0.3) is 5.56 Å². The lowest BCUT2D eigenvalue weighted by Gasteiger charge is -2.36. The molecule has 1 fully saturated rings. The van der Waals surface area contributed by atoms with Crippen LogP contribution in [0.3, 0.4) is 0 Å². The minimum absolute atomic E-state index is 0.0241. The van der Waals surface area contributed by atoms with Crippen LogP contribution in [0.15, 0.2) is 34.2 Å². The molecule has 28 heavy (non-hydrogen) atoms. The van der Waals surface area contributed by atoms with Gasteiger partial charge in [0.2, 0.25) is 5.91 Å². The Kier molecular flexibility index (Phi) is 6.74. The number of rotatable bonds is 6. The van der Waals surface area contributed by atoms with Gasteiger partial charge in [0.05, 0.1) is 29.1 Å². The summed E-state index contributed by atoms with van der Waals surface area (Å²) in [5, 5.41) is 12.5. The predicted molar refractivity (Wildman–Crippen MR) is 111 cm³/mol. The minimum Gasteiger partial charge on any atom is -0.354 e. The number of carbonyl (C=O) groups excluding carboxylic acids is 1. The van der Waals surface area contributed by atoms with E-state index in [1.807, 2.05) is 34.9 Å². The van der Waals surface area contributed by atoms with Crippen molar-refractivity contribution in [3.8, 4) is 6.07 Å². The number of fused-ring (bicyclic) bond motifs is 1. The monoisotopic (exact) mass is 398 g/mol. The Balaban J connectivity index is 1.94. The summed E-state index contributed by atoms with van der Waals surface area (Å²) in [5.74, 6) is 0.939. The zero-order chi connectivity index (χ0) is 20.1. The Morgan fingerprint density at radius 2 is 2.14 bits per heavy atom. The summed E-state index contributed by atoms with van der Waals surface area (Å²) in [4.78, 5) is 30.1. The molecule has 1 aromatic carbocycles. The summed E-state index contributed by atoms with van der Waals surface area (Å²) < 4.78 is 1.83. The molecule has 7 heteroatoms. The molecule has 0 radical (unpaired) electrons. The van der Waals surface area contributed by atoms with E-state index in [0.717, 1.165) is 12.8 Å². The molecule has 3 atom stereocenters. The van der Waals surface area contributed by atoms with Gasteiger partial charge in [-0.1, -0.05) is 50.6 Å². The fourth-order valence-electron chi connectivity index (χ4n) is 3.88. The Morgan fingerprint density at radius 3 is 2.93 bits per heavy atom. The second-order valence-corrected chi connectivity index (χ2v) is 8.41. The lowest BCUT2D eigenvalue weighted by atomic mass is 9.78. The van der Waals surface area contributed by atoms with Crippen LogP contribution in [0.5, 0.6) is 0 Å². The first-order valence-corrected chi connectivity index (χ1v) is 10.8. The second-order valence-electron chi connectivity index (χ2n) is 7.47. The van der Waals surface area contributed by atoms with Crippen LogP contribution in [0.1, 0.15) is 45.6 Å². The molecular weight excluding hydrogens is 372 g/mol. The minimum atomic E-state index is -0.153. The highest BCUT2D eigenvalue weighted by Crippen LogP contribution is 2.38. The van der Waals surface area contributed by atoms with Crippen molar-refractivity contribution < 1.29 is 4.79 Å². The lowest BCUT2D eigenvalue weighted by molar-refractivity contribution is -0.118. The number of para-hydroxylation sites is 1. The molecule has 1 aliphatic carbocycles. The quantitative estimate of drug-likeness (QED) is 0.457. The van der Waals surface area contributed by atoms with E-state index >= 15 is 0 Å². The van der Waals surface area contributed by atoms with Crippen LogP contribution in [0, 0.1) is 23.2 Å². The topological polar surface area (TPSA) is 87.8 Å². The maximum Gasteiger partial charge on any atom is 0.262 e. The summed E-state index contributed by atoms with van der Waals surface area (Å²) in [7, 11) is 0. The Labute approximate surface area is 169 Å². The molecule has 1 aliphatic rings. The number of benzene rings is 1.